The molecule has 0 heterocycles. The third-order valence-corrected chi connectivity index (χ3v) is 9.26. The van der Waals surface area contributed by atoms with Crippen molar-refractivity contribution in [2.45, 2.75) is 51.6 Å². The highest BCUT2D eigenvalue weighted by atomic mass is 35.5. The topological polar surface area (TPSA) is 86.8 Å². The molecule has 7 nitrogen and oxygen atoms in total. The van der Waals surface area contributed by atoms with Gasteiger partial charge in [0, 0.05) is 33.2 Å². The molecule has 0 radical (unpaired) electrons. The number of carbonyl (C=O) groups is 2. The molecule has 226 valence electrons. The Balaban J connectivity index is 2.10. The summed E-state index contributed by atoms with van der Waals surface area (Å²) in [6.45, 7) is 7.25. The lowest BCUT2D eigenvalue weighted by molar-refractivity contribution is -0.140. The molecule has 0 aliphatic rings. The molecule has 0 unspecified atom stereocenters. The van der Waals surface area contributed by atoms with Gasteiger partial charge >= 0.3 is 0 Å². The third-order valence-electron chi connectivity index (χ3n) is 6.45. The number of halogens is 4. The van der Waals surface area contributed by atoms with Crippen molar-refractivity contribution >= 4 is 73.9 Å². The maximum Gasteiger partial charge on any atom is 0.264 e. The molecule has 0 fully saturated rings. The van der Waals surface area contributed by atoms with Crippen LogP contribution in [0.2, 0.25) is 20.1 Å². The normalized spacial score (nSPS) is 12.2. The first kappa shape index (κ1) is 34.0. The first-order chi connectivity index (χ1) is 19.7. The summed E-state index contributed by atoms with van der Waals surface area (Å²) < 4.78 is 28.9. The van der Waals surface area contributed by atoms with Gasteiger partial charge in [0.25, 0.3) is 10.0 Å². The molecule has 0 saturated carbocycles. The molecule has 0 aliphatic heterocycles. The fourth-order valence-corrected chi connectivity index (χ4v) is 6.61. The first-order valence-electron chi connectivity index (χ1n) is 13.3. The van der Waals surface area contributed by atoms with Crippen LogP contribution in [-0.2, 0) is 26.2 Å². The van der Waals surface area contributed by atoms with Crippen molar-refractivity contribution in [2.75, 3.05) is 17.4 Å². The van der Waals surface area contributed by atoms with Crippen LogP contribution in [0.3, 0.4) is 0 Å². The highest BCUT2D eigenvalue weighted by Gasteiger charge is 2.34. The summed E-state index contributed by atoms with van der Waals surface area (Å²) in [7, 11) is -4.27. The molecule has 1 N–H and O–H groups in total. The minimum atomic E-state index is -4.27. The van der Waals surface area contributed by atoms with Crippen LogP contribution in [0, 0.1) is 12.8 Å². The van der Waals surface area contributed by atoms with Crippen LogP contribution in [0.25, 0.3) is 0 Å². The van der Waals surface area contributed by atoms with E-state index in [0.717, 1.165) is 9.87 Å². The second-order valence-electron chi connectivity index (χ2n) is 10.3. The Hall–Kier alpha value is -2.49. The molecule has 0 spiro atoms. The molecule has 3 aromatic carbocycles. The summed E-state index contributed by atoms with van der Waals surface area (Å²) in [6.07, 6.45) is 0.272. The molecule has 3 aromatic rings. The van der Waals surface area contributed by atoms with Crippen LogP contribution >= 0.6 is 46.4 Å². The van der Waals surface area contributed by atoms with Gasteiger partial charge in [-0.15, -0.1) is 0 Å². The smallest absolute Gasteiger partial charge is 0.264 e. The highest BCUT2D eigenvalue weighted by Crippen LogP contribution is 2.31. The van der Waals surface area contributed by atoms with Crippen molar-refractivity contribution in [3.05, 3.63) is 91.9 Å². The Labute approximate surface area is 267 Å². The van der Waals surface area contributed by atoms with Crippen LogP contribution in [0.4, 0.5) is 5.69 Å². The van der Waals surface area contributed by atoms with Crippen molar-refractivity contribution in [3.8, 4) is 0 Å². The Morgan fingerprint density at radius 2 is 1.50 bits per heavy atom. The van der Waals surface area contributed by atoms with Gasteiger partial charge in [-0.2, -0.15) is 0 Å². The van der Waals surface area contributed by atoms with Crippen molar-refractivity contribution in [1.29, 1.82) is 0 Å². The number of benzene rings is 3. The average Bonchev–Trinajstić information content (AvgIpc) is 2.91. The second kappa shape index (κ2) is 14.8. The SMILES string of the molecule is CC[C@H](C(=O)NCC(C)C)N(Cc1ccc(Cl)cc1Cl)C(=O)CN(c1cc(Cl)cc(Cl)c1)S(=O)(=O)c1ccc(C)cc1. The lowest BCUT2D eigenvalue weighted by Gasteiger charge is -2.33. The molecule has 0 aliphatic carbocycles. The van der Waals surface area contributed by atoms with Crippen molar-refractivity contribution in [3.63, 3.8) is 0 Å². The molecule has 2 amide bonds. The summed E-state index contributed by atoms with van der Waals surface area (Å²) in [5, 5.41) is 3.99. The van der Waals surface area contributed by atoms with Crippen molar-refractivity contribution in [2.24, 2.45) is 5.92 Å². The van der Waals surface area contributed by atoms with Crippen molar-refractivity contribution < 1.29 is 18.0 Å². The van der Waals surface area contributed by atoms with E-state index >= 15 is 0 Å². The zero-order chi connectivity index (χ0) is 31.2. The number of aryl methyl sites for hydroxylation is 1. The number of carbonyl (C=O) groups excluding carboxylic acids is 2. The number of sulfonamides is 1. The van der Waals surface area contributed by atoms with E-state index in [2.05, 4.69) is 5.32 Å². The fourth-order valence-electron chi connectivity index (χ4n) is 4.22. The summed E-state index contributed by atoms with van der Waals surface area (Å²) in [4.78, 5) is 28.8. The molecule has 3 rings (SSSR count). The van der Waals surface area contributed by atoms with Gasteiger partial charge in [-0.3, -0.25) is 13.9 Å². The van der Waals surface area contributed by atoms with Gasteiger partial charge < -0.3 is 10.2 Å². The van der Waals surface area contributed by atoms with E-state index in [1.165, 1.54) is 35.2 Å². The van der Waals surface area contributed by atoms with Crippen molar-refractivity contribution in [1.82, 2.24) is 10.2 Å². The van der Waals surface area contributed by atoms with Crippen LogP contribution in [0.5, 0.6) is 0 Å². The van der Waals surface area contributed by atoms with Gasteiger partial charge in [-0.05, 0) is 67.3 Å². The quantitative estimate of drug-likeness (QED) is 0.218. The predicted octanol–water partition coefficient (Wildman–Crippen LogP) is 7.38. The molecule has 12 heteroatoms. The number of rotatable bonds is 12. The number of nitrogens with one attached hydrogen (secondary N) is 1. The van der Waals surface area contributed by atoms with E-state index in [-0.39, 0.29) is 45.4 Å². The average molecular weight is 673 g/mol. The standard InChI is InChI=1S/C30H33Cl4N3O4S/c1-5-28(30(39)35-16-19(2)3)36(17-21-8-9-22(31)15-27(21)34)29(38)18-37(25-13-23(32)12-24(33)14-25)42(40,41)26-10-6-20(4)7-11-26/h6-15,19,28H,5,16-18H2,1-4H3,(H,35,39)/t28-/m1/s1. The number of nitrogens with zero attached hydrogens (tertiary/aromatic N) is 2. The zero-order valence-corrected chi connectivity index (χ0v) is 27.5. The van der Waals surface area contributed by atoms with Crippen LogP contribution in [0.1, 0.15) is 38.3 Å². The summed E-state index contributed by atoms with van der Waals surface area (Å²) in [6, 6.07) is 14.5. The summed E-state index contributed by atoms with van der Waals surface area (Å²) in [5.74, 6) is -0.799. The van der Waals surface area contributed by atoms with Crippen LogP contribution < -0.4 is 9.62 Å². The van der Waals surface area contributed by atoms with Crippen LogP contribution in [0.15, 0.2) is 65.6 Å². The predicted molar refractivity (Wildman–Crippen MR) is 171 cm³/mol. The molecule has 0 aromatic heterocycles. The molecule has 1 atom stereocenters. The zero-order valence-electron chi connectivity index (χ0n) is 23.7. The van der Waals surface area contributed by atoms with Gasteiger partial charge in [0.15, 0.2) is 0 Å². The van der Waals surface area contributed by atoms with Gasteiger partial charge in [-0.1, -0.05) is 90.9 Å². The van der Waals surface area contributed by atoms with E-state index in [4.69, 9.17) is 46.4 Å². The molecular formula is C30H33Cl4N3O4S. The Morgan fingerprint density at radius 1 is 0.881 bits per heavy atom. The summed E-state index contributed by atoms with van der Waals surface area (Å²) in [5.41, 5.74) is 1.51. The monoisotopic (exact) mass is 671 g/mol. The fraction of sp³-hybridized carbons (Fsp3) is 0.333. The second-order valence-corrected chi connectivity index (χ2v) is 13.9. The summed E-state index contributed by atoms with van der Waals surface area (Å²) >= 11 is 25.0. The van der Waals surface area contributed by atoms with Crippen LogP contribution in [-0.4, -0.2) is 44.3 Å². The number of anilines is 1. The third kappa shape index (κ3) is 8.77. The molecular weight excluding hydrogens is 640 g/mol. The van der Waals surface area contributed by atoms with E-state index < -0.39 is 28.5 Å². The maximum absolute atomic E-state index is 14.2. The minimum Gasteiger partial charge on any atom is -0.354 e. The van der Waals surface area contributed by atoms with E-state index in [1.54, 1.807) is 37.3 Å². The Morgan fingerprint density at radius 3 is 2.05 bits per heavy atom. The highest BCUT2D eigenvalue weighted by molar-refractivity contribution is 7.92. The van der Waals surface area contributed by atoms with E-state index in [1.807, 2.05) is 20.8 Å². The maximum atomic E-state index is 14.2. The lowest BCUT2D eigenvalue weighted by Crippen LogP contribution is -2.52. The van der Waals surface area contributed by atoms with E-state index in [0.29, 0.717) is 22.2 Å². The van der Waals surface area contributed by atoms with E-state index in [9.17, 15) is 18.0 Å². The van der Waals surface area contributed by atoms with Gasteiger partial charge in [0.2, 0.25) is 11.8 Å². The minimum absolute atomic E-state index is 0.0222. The molecule has 42 heavy (non-hydrogen) atoms. The number of hydrogen-bond acceptors (Lipinski definition) is 4. The van der Waals surface area contributed by atoms with Gasteiger partial charge in [0.1, 0.15) is 12.6 Å². The number of hydrogen-bond donors (Lipinski definition) is 1. The van der Waals surface area contributed by atoms with Gasteiger partial charge in [-0.25, -0.2) is 8.42 Å². The molecule has 0 bridgehead atoms. The lowest BCUT2D eigenvalue weighted by atomic mass is 10.1. The number of amides is 2. The molecule has 0 saturated heterocycles. The van der Waals surface area contributed by atoms with Gasteiger partial charge in [0.05, 0.1) is 10.6 Å². The Bertz CT molecular complexity index is 1510. The first-order valence-corrected chi connectivity index (χ1v) is 16.2. The largest absolute Gasteiger partial charge is 0.354 e. The Kier molecular flexibility index (Phi) is 12.0.